The molecule has 0 radical (unpaired) electrons. The lowest BCUT2D eigenvalue weighted by Crippen LogP contribution is -2.27. The molecular weight excluding hydrogens is 326 g/mol. The Morgan fingerprint density at radius 1 is 1.53 bits per heavy atom. The van der Waals surface area contributed by atoms with Crippen LogP contribution < -0.4 is 11.1 Å². The summed E-state index contributed by atoms with van der Waals surface area (Å²) in [5.74, 6) is -0.181. The van der Waals surface area contributed by atoms with Gasteiger partial charge in [-0.15, -0.1) is 11.3 Å². The molecule has 1 amide bonds. The van der Waals surface area contributed by atoms with E-state index in [0.717, 1.165) is 15.0 Å². The molecule has 0 aliphatic heterocycles. The number of carbonyl (C=O) groups excluding carboxylic acids is 1. The molecule has 1 aromatic heterocycles. The van der Waals surface area contributed by atoms with E-state index >= 15 is 0 Å². The van der Waals surface area contributed by atoms with Gasteiger partial charge in [-0.3, -0.25) is 4.79 Å². The second-order valence-corrected chi connectivity index (χ2v) is 5.84. The van der Waals surface area contributed by atoms with Crippen LogP contribution >= 0.6 is 27.3 Å². The van der Waals surface area contributed by atoms with E-state index in [1.165, 1.54) is 11.3 Å². The monoisotopic (exact) mass is 339 g/mol. The molecule has 100 valence electrons. The van der Waals surface area contributed by atoms with Gasteiger partial charge in [-0.2, -0.15) is 0 Å². The van der Waals surface area contributed by atoms with Crippen molar-refractivity contribution < 1.29 is 4.79 Å². The molecule has 0 bridgehead atoms. The minimum atomic E-state index is -0.181. The molecule has 1 heterocycles. The minimum Gasteiger partial charge on any atom is -0.344 e. The largest absolute Gasteiger partial charge is 0.344 e. The number of aromatic nitrogens is 1. The zero-order valence-electron chi connectivity index (χ0n) is 10.4. The van der Waals surface area contributed by atoms with Gasteiger partial charge in [0.15, 0.2) is 0 Å². The number of carbonyl (C=O) groups is 1. The third kappa shape index (κ3) is 3.40. The van der Waals surface area contributed by atoms with Gasteiger partial charge in [-0.1, -0.05) is 34.1 Å². The van der Waals surface area contributed by atoms with Gasteiger partial charge in [0.25, 0.3) is 5.91 Å². The summed E-state index contributed by atoms with van der Waals surface area (Å²) in [7, 11) is 0. The SMILES string of the molecule is C[C@@H](NC(=O)c1csc(CN)n1)c1ccccc1Br. The molecule has 1 aromatic carbocycles. The number of nitrogens with one attached hydrogen (secondary N) is 1. The molecule has 0 aliphatic carbocycles. The highest BCUT2D eigenvalue weighted by molar-refractivity contribution is 9.10. The Morgan fingerprint density at radius 2 is 2.26 bits per heavy atom. The highest BCUT2D eigenvalue weighted by Crippen LogP contribution is 2.23. The summed E-state index contributed by atoms with van der Waals surface area (Å²) in [5.41, 5.74) is 6.94. The van der Waals surface area contributed by atoms with Gasteiger partial charge in [0.05, 0.1) is 6.04 Å². The number of amides is 1. The Hall–Kier alpha value is -1.24. The average Bonchev–Trinajstić information content (AvgIpc) is 2.88. The zero-order valence-corrected chi connectivity index (χ0v) is 12.8. The van der Waals surface area contributed by atoms with Gasteiger partial charge in [-0.05, 0) is 18.6 Å². The van der Waals surface area contributed by atoms with Crippen LogP contribution in [0.3, 0.4) is 0 Å². The number of benzene rings is 1. The fourth-order valence-electron chi connectivity index (χ4n) is 1.68. The van der Waals surface area contributed by atoms with E-state index < -0.39 is 0 Å². The van der Waals surface area contributed by atoms with E-state index in [2.05, 4.69) is 26.2 Å². The second-order valence-electron chi connectivity index (χ2n) is 4.05. The van der Waals surface area contributed by atoms with Gasteiger partial charge < -0.3 is 11.1 Å². The number of thiazole rings is 1. The lowest BCUT2D eigenvalue weighted by molar-refractivity contribution is 0.0935. The topological polar surface area (TPSA) is 68.0 Å². The van der Waals surface area contributed by atoms with E-state index in [4.69, 9.17) is 5.73 Å². The Morgan fingerprint density at radius 3 is 2.89 bits per heavy atom. The predicted octanol–water partition coefficient (Wildman–Crippen LogP) is 2.86. The summed E-state index contributed by atoms with van der Waals surface area (Å²) < 4.78 is 0.976. The van der Waals surface area contributed by atoms with Crippen LogP contribution in [0.25, 0.3) is 0 Å². The third-order valence-corrected chi connectivity index (χ3v) is 4.27. The van der Waals surface area contributed by atoms with E-state index in [0.29, 0.717) is 12.2 Å². The number of nitrogens with zero attached hydrogens (tertiary/aromatic N) is 1. The number of halogens is 1. The summed E-state index contributed by atoms with van der Waals surface area (Å²) in [5, 5.41) is 5.41. The molecule has 2 rings (SSSR count). The van der Waals surface area contributed by atoms with E-state index in [9.17, 15) is 4.79 Å². The van der Waals surface area contributed by atoms with Crippen LogP contribution in [0.1, 0.15) is 34.0 Å². The fraction of sp³-hybridized carbons (Fsp3) is 0.231. The smallest absolute Gasteiger partial charge is 0.271 e. The van der Waals surface area contributed by atoms with E-state index in [-0.39, 0.29) is 11.9 Å². The normalized spacial score (nSPS) is 12.2. The van der Waals surface area contributed by atoms with Gasteiger partial charge in [0, 0.05) is 16.4 Å². The van der Waals surface area contributed by atoms with Crippen molar-refractivity contribution in [2.75, 3.05) is 0 Å². The zero-order chi connectivity index (χ0) is 13.8. The molecule has 0 spiro atoms. The Bertz CT molecular complexity index is 585. The molecule has 0 aliphatic rings. The molecule has 0 fully saturated rings. The van der Waals surface area contributed by atoms with E-state index in [1.54, 1.807) is 5.38 Å². The van der Waals surface area contributed by atoms with Crippen molar-refractivity contribution in [3.63, 3.8) is 0 Å². The first-order chi connectivity index (χ1) is 9.11. The van der Waals surface area contributed by atoms with Crippen molar-refractivity contribution in [3.05, 3.63) is 50.4 Å². The number of rotatable bonds is 4. The van der Waals surface area contributed by atoms with E-state index in [1.807, 2.05) is 31.2 Å². The molecule has 0 saturated heterocycles. The lowest BCUT2D eigenvalue weighted by Gasteiger charge is -2.14. The Balaban J connectivity index is 2.08. The molecule has 2 aromatic rings. The summed E-state index contributed by atoms with van der Waals surface area (Å²) in [6.45, 7) is 2.30. The summed E-state index contributed by atoms with van der Waals surface area (Å²) in [4.78, 5) is 16.2. The van der Waals surface area contributed by atoms with Crippen molar-refractivity contribution in [1.29, 1.82) is 0 Å². The van der Waals surface area contributed by atoms with Gasteiger partial charge in [0.1, 0.15) is 10.7 Å². The average molecular weight is 340 g/mol. The van der Waals surface area contributed by atoms with Crippen LogP contribution in [0.5, 0.6) is 0 Å². The molecule has 3 N–H and O–H groups in total. The van der Waals surface area contributed by atoms with Crippen LogP contribution in [-0.2, 0) is 6.54 Å². The minimum absolute atomic E-state index is 0.0916. The molecular formula is C13H14BrN3OS. The molecule has 1 atom stereocenters. The van der Waals surface area contributed by atoms with Crippen molar-refractivity contribution in [2.45, 2.75) is 19.5 Å². The predicted molar refractivity (Wildman–Crippen MR) is 80.0 cm³/mol. The number of hydrogen-bond acceptors (Lipinski definition) is 4. The number of nitrogens with two attached hydrogens (primary N) is 1. The molecule has 0 saturated carbocycles. The lowest BCUT2D eigenvalue weighted by atomic mass is 10.1. The fourth-order valence-corrected chi connectivity index (χ4v) is 2.97. The first kappa shape index (κ1) is 14.2. The van der Waals surface area contributed by atoms with Gasteiger partial charge >= 0.3 is 0 Å². The van der Waals surface area contributed by atoms with Crippen molar-refractivity contribution in [1.82, 2.24) is 10.3 Å². The maximum Gasteiger partial charge on any atom is 0.271 e. The highest BCUT2D eigenvalue weighted by Gasteiger charge is 2.15. The summed E-state index contributed by atoms with van der Waals surface area (Å²) in [6, 6.07) is 7.72. The molecule has 0 unspecified atom stereocenters. The summed E-state index contributed by atoms with van der Waals surface area (Å²) >= 11 is 4.87. The quantitative estimate of drug-likeness (QED) is 0.899. The first-order valence-electron chi connectivity index (χ1n) is 5.81. The molecule has 19 heavy (non-hydrogen) atoms. The Kier molecular flexibility index (Phi) is 4.68. The maximum absolute atomic E-state index is 12.0. The highest BCUT2D eigenvalue weighted by atomic mass is 79.9. The first-order valence-corrected chi connectivity index (χ1v) is 7.49. The van der Waals surface area contributed by atoms with Crippen molar-refractivity contribution >= 4 is 33.2 Å². The maximum atomic E-state index is 12.0. The van der Waals surface area contributed by atoms with Crippen LogP contribution in [0, 0.1) is 0 Å². The summed E-state index contributed by atoms with van der Waals surface area (Å²) in [6.07, 6.45) is 0. The van der Waals surface area contributed by atoms with Crippen LogP contribution in [0.4, 0.5) is 0 Å². The van der Waals surface area contributed by atoms with Gasteiger partial charge in [-0.25, -0.2) is 4.98 Å². The van der Waals surface area contributed by atoms with Crippen LogP contribution in [-0.4, -0.2) is 10.9 Å². The molecule has 4 nitrogen and oxygen atoms in total. The number of hydrogen-bond donors (Lipinski definition) is 2. The molecule has 6 heteroatoms. The van der Waals surface area contributed by atoms with Crippen molar-refractivity contribution in [2.24, 2.45) is 5.73 Å². The van der Waals surface area contributed by atoms with Crippen molar-refractivity contribution in [3.8, 4) is 0 Å². The standard InChI is InChI=1S/C13H14BrN3OS/c1-8(9-4-2-3-5-10(9)14)16-13(18)11-7-19-12(6-15)17-11/h2-5,7-8H,6,15H2,1H3,(H,16,18)/t8-/m1/s1. The van der Waals surface area contributed by atoms with Gasteiger partial charge in [0.2, 0.25) is 0 Å². The second kappa shape index (κ2) is 6.27. The third-order valence-electron chi connectivity index (χ3n) is 2.68. The van der Waals surface area contributed by atoms with Crippen LogP contribution in [0.2, 0.25) is 0 Å². The Labute approximate surface area is 124 Å². The van der Waals surface area contributed by atoms with Crippen LogP contribution in [0.15, 0.2) is 34.1 Å².